The van der Waals surface area contributed by atoms with E-state index in [1.54, 1.807) is 0 Å². The maximum Gasteiger partial charge on any atom is 0.303 e. The smallest absolute Gasteiger partial charge is 0.303 e. The topological polar surface area (TPSA) is 87.7 Å². The van der Waals surface area contributed by atoms with Gasteiger partial charge in [0.2, 0.25) is 5.91 Å². The van der Waals surface area contributed by atoms with Crippen molar-refractivity contribution in [2.45, 2.75) is 70.0 Å². The monoisotopic (exact) mass is 428 g/mol. The molecular weight excluding hydrogens is 392 g/mol. The molecular formula is C25H36N2O4. The molecule has 0 aliphatic carbocycles. The number of allylic oxidation sites excluding steroid dienone is 2. The zero-order valence-corrected chi connectivity index (χ0v) is 18.3. The summed E-state index contributed by atoms with van der Waals surface area (Å²) in [5.41, 5.74) is 0.826. The molecule has 2 aliphatic heterocycles. The van der Waals surface area contributed by atoms with Gasteiger partial charge in [-0.15, -0.1) is 0 Å². The quantitative estimate of drug-likeness (QED) is 0.302. The van der Waals surface area contributed by atoms with Crippen molar-refractivity contribution in [3.05, 3.63) is 42.5 Å². The highest BCUT2D eigenvalue weighted by Gasteiger charge is 2.47. The standard InChI is InChI=1S/C25H36N2O4/c28-24(27-19-10-4-3-5-11-19)18-26-17-9-8-13-21-20(22-15-16-23(21)31-22)12-6-1-2-7-14-25(29)30/h1,3-6,10-11,20-23,26H,2,7-9,12-18H2,(H,27,28)(H,29,30)/t20-,21+,22-,23+/m1/s1. The van der Waals surface area contributed by atoms with E-state index in [0.29, 0.717) is 37.0 Å². The summed E-state index contributed by atoms with van der Waals surface area (Å²) in [6.07, 6.45) is 13.8. The number of aliphatic carboxylic acids is 1. The normalized spacial score (nSPS) is 24.6. The molecule has 0 radical (unpaired) electrons. The molecule has 6 heteroatoms. The molecule has 0 unspecified atom stereocenters. The summed E-state index contributed by atoms with van der Waals surface area (Å²) in [5, 5.41) is 14.8. The first-order valence-electron chi connectivity index (χ1n) is 11.7. The summed E-state index contributed by atoms with van der Waals surface area (Å²) in [5.74, 6) is 0.493. The number of amides is 1. The number of rotatable bonds is 14. The van der Waals surface area contributed by atoms with Crippen LogP contribution in [0.3, 0.4) is 0 Å². The van der Waals surface area contributed by atoms with Crippen LogP contribution in [0, 0.1) is 11.8 Å². The van der Waals surface area contributed by atoms with Gasteiger partial charge in [-0.05, 0) is 75.5 Å². The van der Waals surface area contributed by atoms with Crippen molar-refractivity contribution in [3.63, 3.8) is 0 Å². The number of carboxylic acids is 1. The van der Waals surface area contributed by atoms with Crippen LogP contribution in [0.4, 0.5) is 5.69 Å². The van der Waals surface area contributed by atoms with Crippen LogP contribution in [-0.4, -0.2) is 42.3 Å². The molecule has 3 N–H and O–H groups in total. The van der Waals surface area contributed by atoms with Crippen LogP contribution in [-0.2, 0) is 14.3 Å². The largest absolute Gasteiger partial charge is 0.481 e. The highest BCUT2D eigenvalue weighted by molar-refractivity contribution is 5.92. The molecule has 1 aromatic rings. The van der Waals surface area contributed by atoms with Crippen molar-refractivity contribution < 1.29 is 19.4 Å². The summed E-state index contributed by atoms with van der Waals surface area (Å²) < 4.78 is 6.19. The Bertz CT molecular complexity index is 721. The SMILES string of the molecule is O=C(O)CCCC=CC[C@@H]1[C@H](CCCCNCC(=O)Nc2ccccc2)[C@@H]2CC[C@H]1O2. The van der Waals surface area contributed by atoms with Crippen molar-refractivity contribution in [1.82, 2.24) is 5.32 Å². The number of anilines is 1. The molecule has 2 heterocycles. The van der Waals surface area contributed by atoms with Crippen molar-refractivity contribution in [2.75, 3.05) is 18.4 Å². The predicted octanol–water partition coefficient (Wildman–Crippen LogP) is 4.38. The Kier molecular flexibility index (Phi) is 9.56. The molecule has 4 atom stereocenters. The van der Waals surface area contributed by atoms with Crippen molar-refractivity contribution in [3.8, 4) is 0 Å². The first-order chi connectivity index (χ1) is 15.1. The van der Waals surface area contributed by atoms with E-state index in [4.69, 9.17) is 9.84 Å². The molecule has 31 heavy (non-hydrogen) atoms. The van der Waals surface area contributed by atoms with Gasteiger partial charge >= 0.3 is 5.97 Å². The molecule has 2 bridgehead atoms. The van der Waals surface area contributed by atoms with E-state index in [0.717, 1.165) is 37.9 Å². The minimum absolute atomic E-state index is 0.0112. The molecule has 1 amide bonds. The fraction of sp³-hybridized carbons (Fsp3) is 0.600. The van der Waals surface area contributed by atoms with E-state index < -0.39 is 5.97 Å². The third-order valence-corrected chi connectivity index (χ3v) is 6.41. The Morgan fingerprint density at radius 1 is 1.03 bits per heavy atom. The Balaban J connectivity index is 1.28. The maximum atomic E-state index is 12.0. The van der Waals surface area contributed by atoms with Crippen LogP contribution in [0.5, 0.6) is 0 Å². The maximum absolute atomic E-state index is 12.0. The molecule has 2 fully saturated rings. The second kappa shape index (κ2) is 12.6. The average molecular weight is 429 g/mol. The van der Waals surface area contributed by atoms with Crippen LogP contribution in [0.15, 0.2) is 42.5 Å². The van der Waals surface area contributed by atoms with Gasteiger partial charge in [-0.2, -0.15) is 0 Å². The number of fused-ring (bicyclic) bond motifs is 2. The first-order valence-corrected chi connectivity index (χ1v) is 11.7. The molecule has 170 valence electrons. The molecule has 0 aromatic heterocycles. The Morgan fingerprint density at radius 3 is 2.58 bits per heavy atom. The Hall–Kier alpha value is -2.18. The van der Waals surface area contributed by atoms with E-state index >= 15 is 0 Å². The number of carbonyl (C=O) groups is 2. The second-order valence-corrected chi connectivity index (χ2v) is 8.70. The number of ether oxygens (including phenoxy) is 1. The molecule has 1 aromatic carbocycles. The minimum Gasteiger partial charge on any atom is -0.481 e. The lowest BCUT2D eigenvalue weighted by atomic mass is 9.75. The van der Waals surface area contributed by atoms with Crippen LogP contribution in [0.1, 0.15) is 57.8 Å². The number of hydrogen-bond acceptors (Lipinski definition) is 4. The summed E-state index contributed by atoms with van der Waals surface area (Å²) in [4.78, 5) is 22.5. The van der Waals surface area contributed by atoms with Gasteiger partial charge < -0.3 is 20.5 Å². The third kappa shape index (κ3) is 7.78. The van der Waals surface area contributed by atoms with Crippen LogP contribution < -0.4 is 10.6 Å². The number of para-hydroxylation sites is 1. The van der Waals surface area contributed by atoms with E-state index in [1.807, 2.05) is 30.3 Å². The fourth-order valence-electron chi connectivity index (χ4n) is 4.90. The third-order valence-electron chi connectivity index (χ3n) is 6.41. The van der Waals surface area contributed by atoms with Gasteiger partial charge in [-0.1, -0.05) is 36.8 Å². The summed E-state index contributed by atoms with van der Waals surface area (Å²) in [7, 11) is 0. The lowest BCUT2D eigenvalue weighted by molar-refractivity contribution is -0.137. The lowest BCUT2D eigenvalue weighted by Crippen LogP contribution is -2.29. The fourth-order valence-corrected chi connectivity index (χ4v) is 4.90. The van der Waals surface area contributed by atoms with Gasteiger partial charge in [0.15, 0.2) is 0 Å². The van der Waals surface area contributed by atoms with E-state index in [2.05, 4.69) is 22.8 Å². The van der Waals surface area contributed by atoms with Gasteiger partial charge in [0, 0.05) is 12.1 Å². The summed E-state index contributed by atoms with van der Waals surface area (Å²) in [6, 6.07) is 9.52. The van der Waals surface area contributed by atoms with E-state index in [9.17, 15) is 9.59 Å². The van der Waals surface area contributed by atoms with Gasteiger partial charge in [0.1, 0.15) is 0 Å². The van der Waals surface area contributed by atoms with Crippen molar-refractivity contribution in [1.29, 1.82) is 0 Å². The Morgan fingerprint density at radius 2 is 1.81 bits per heavy atom. The number of carbonyl (C=O) groups excluding carboxylic acids is 1. The average Bonchev–Trinajstić information content (AvgIpc) is 3.35. The summed E-state index contributed by atoms with van der Waals surface area (Å²) >= 11 is 0. The van der Waals surface area contributed by atoms with Crippen LogP contribution >= 0.6 is 0 Å². The number of nitrogens with one attached hydrogen (secondary N) is 2. The highest BCUT2D eigenvalue weighted by atomic mass is 16.5. The number of unbranched alkanes of at least 4 members (excludes halogenated alkanes) is 2. The number of carboxylic acid groups (broad SMARTS) is 1. The number of hydrogen-bond donors (Lipinski definition) is 3. The predicted molar refractivity (Wildman–Crippen MR) is 122 cm³/mol. The molecule has 0 saturated carbocycles. The van der Waals surface area contributed by atoms with E-state index in [-0.39, 0.29) is 12.3 Å². The molecule has 6 nitrogen and oxygen atoms in total. The minimum atomic E-state index is -0.721. The zero-order valence-electron chi connectivity index (χ0n) is 18.3. The van der Waals surface area contributed by atoms with Crippen LogP contribution in [0.2, 0.25) is 0 Å². The first kappa shape index (κ1) is 23.5. The van der Waals surface area contributed by atoms with Gasteiger partial charge in [0.05, 0.1) is 18.8 Å². The lowest BCUT2D eigenvalue weighted by Gasteiger charge is -2.27. The summed E-state index contributed by atoms with van der Waals surface area (Å²) in [6.45, 7) is 1.18. The highest BCUT2D eigenvalue weighted by Crippen LogP contribution is 2.47. The van der Waals surface area contributed by atoms with Crippen LogP contribution in [0.25, 0.3) is 0 Å². The van der Waals surface area contributed by atoms with Gasteiger partial charge in [0.25, 0.3) is 0 Å². The Labute approximate surface area is 185 Å². The van der Waals surface area contributed by atoms with Crippen molar-refractivity contribution >= 4 is 17.6 Å². The molecule has 2 aliphatic rings. The molecule has 2 saturated heterocycles. The van der Waals surface area contributed by atoms with Crippen molar-refractivity contribution in [2.24, 2.45) is 11.8 Å². The van der Waals surface area contributed by atoms with Gasteiger partial charge in [-0.25, -0.2) is 0 Å². The molecule has 0 spiro atoms. The molecule has 3 rings (SSSR count). The zero-order chi connectivity index (χ0) is 21.9. The second-order valence-electron chi connectivity index (χ2n) is 8.70. The van der Waals surface area contributed by atoms with Gasteiger partial charge in [-0.3, -0.25) is 9.59 Å². The number of benzene rings is 1. The van der Waals surface area contributed by atoms with E-state index in [1.165, 1.54) is 19.3 Å².